The minimum absolute atomic E-state index is 0.0319. The van der Waals surface area contributed by atoms with E-state index >= 15 is 0 Å². The summed E-state index contributed by atoms with van der Waals surface area (Å²) in [5.74, 6) is -1.37. The molecule has 0 aromatic heterocycles. The molecule has 2 rings (SSSR count). The van der Waals surface area contributed by atoms with Crippen LogP contribution in [0.2, 0.25) is 5.02 Å². The molecule has 148 valence electrons. The summed E-state index contributed by atoms with van der Waals surface area (Å²) < 4.78 is 9.63. The third-order valence-corrected chi connectivity index (χ3v) is 4.60. The molecule has 0 aliphatic rings. The van der Waals surface area contributed by atoms with Crippen LogP contribution in [0.1, 0.15) is 22.8 Å². The number of esters is 1. The third-order valence-electron chi connectivity index (χ3n) is 3.98. The number of alkyl halides is 1. The van der Waals surface area contributed by atoms with E-state index < -0.39 is 21.7 Å². The molecule has 0 bridgehead atoms. The van der Waals surface area contributed by atoms with Crippen LogP contribution in [-0.2, 0) is 14.4 Å². The van der Waals surface area contributed by atoms with Crippen molar-refractivity contribution in [2.45, 2.75) is 11.8 Å². The predicted molar refractivity (Wildman–Crippen MR) is 104 cm³/mol. The van der Waals surface area contributed by atoms with Crippen LogP contribution in [0.3, 0.4) is 0 Å². The van der Waals surface area contributed by atoms with Gasteiger partial charge in [0.25, 0.3) is 0 Å². The first-order chi connectivity index (χ1) is 13.1. The highest BCUT2D eigenvalue weighted by Crippen LogP contribution is 2.36. The lowest BCUT2D eigenvalue weighted by molar-refractivity contribution is -0.385. The molecule has 28 heavy (non-hydrogen) atoms. The first-order valence-electron chi connectivity index (χ1n) is 7.83. The van der Waals surface area contributed by atoms with Gasteiger partial charge >= 0.3 is 11.7 Å². The van der Waals surface area contributed by atoms with Crippen LogP contribution < -0.4 is 10.1 Å². The van der Waals surface area contributed by atoms with Crippen molar-refractivity contribution in [2.24, 2.45) is 0 Å². The zero-order valence-corrected chi connectivity index (χ0v) is 16.6. The van der Waals surface area contributed by atoms with Gasteiger partial charge in [-0.3, -0.25) is 14.9 Å². The summed E-state index contributed by atoms with van der Waals surface area (Å²) >= 11 is 12.4. The summed E-state index contributed by atoms with van der Waals surface area (Å²) in [7, 11) is 2.49. The van der Waals surface area contributed by atoms with E-state index in [1.165, 1.54) is 51.5 Å². The van der Waals surface area contributed by atoms with Crippen molar-refractivity contribution in [3.63, 3.8) is 0 Å². The number of anilines is 1. The molecule has 0 spiro atoms. The molecule has 0 aliphatic carbocycles. The highest BCUT2D eigenvalue weighted by Gasteiger charge is 2.35. The molecule has 1 N–H and O–H groups in total. The third kappa shape index (κ3) is 4.35. The lowest BCUT2D eigenvalue weighted by Gasteiger charge is -2.22. The first kappa shape index (κ1) is 21.5. The number of ether oxygens (including phenoxy) is 2. The van der Waals surface area contributed by atoms with E-state index in [1.54, 1.807) is 0 Å². The SMILES string of the molecule is COC(=O)c1ccc(Cl)cc1NC(=O)C(C)(Cl)c1ccc(OC)c([N+](=O)[O-])c1. The Morgan fingerprint density at radius 3 is 2.43 bits per heavy atom. The fourth-order valence-electron chi connectivity index (χ4n) is 2.40. The second-order valence-electron chi connectivity index (χ2n) is 5.78. The second-order valence-corrected chi connectivity index (χ2v) is 6.97. The maximum atomic E-state index is 12.8. The van der Waals surface area contributed by atoms with Gasteiger partial charge in [0.1, 0.15) is 4.87 Å². The number of nitro groups is 1. The number of amides is 1. The number of methoxy groups -OCH3 is 2. The van der Waals surface area contributed by atoms with Gasteiger partial charge in [0.15, 0.2) is 5.75 Å². The van der Waals surface area contributed by atoms with Gasteiger partial charge in [0.05, 0.1) is 30.4 Å². The number of nitro benzene ring substituents is 1. The van der Waals surface area contributed by atoms with E-state index in [4.69, 9.17) is 27.9 Å². The highest BCUT2D eigenvalue weighted by molar-refractivity contribution is 6.36. The average Bonchev–Trinajstić information content (AvgIpc) is 2.66. The van der Waals surface area contributed by atoms with E-state index in [0.717, 1.165) is 6.07 Å². The molecule has 0 aliphatic heterocycles. The normalized spacial score (nSPS) is 12.6. The smallest absolute Gasteiger partial charge is 0.339 e. The van der Waals surface area contributed by atoms with Crippen molar-refractivity contribution in [2.75, 3.05) is 19.5 Å². The molecule has 2 aromatic rings. The summed E-state index contributed by atoms with van der Waals surface area (Å²) in [6.07, 6.45) is 0. The molecule has 1 amide bonds. The molecule has 0 heterocycles. The van der Waals surface area contributed by atoms with Gasteiger partial charge in [0, 0.05) is 11.1 Å². The number of rotatable bonds is 6. The Bertz CT molecular complexity index is 946. The van der Waals surface area contributed by atoms with Crippen molar-refractivity contribution in [1.82, 2.24) is 0 Å². The summed E-state index contributed by atoms with van der Waals surface area (Å²) in [4.78, 5) is 33.6. The van der Waals surface area contributed by atoms with E-state index in [9.17, 15) is 19.7 Å². The molecule has 1 atom stereocenters. The number of hydrogen-bond acceptors (Lipinski definition) is 6. The van der Waals surface area contributed by atoms with Gasteiger partial charge in [-0.1, -0.05) is 17.7 Å². The fraction of sp³-hybridized carbons (Fsp3) is 0.222. The zero-order valence-electron chi connectivity index (χ0n) is 15.1. The number of hydrogen-bond donors (Lipinski definition) is 1. The summed E-state index contributed by atoms with van der Waals surface area (Å²) in [6.45, 7) is 1.37. The molecule has 10 heteroatoms. The molecule has 0 saturated carbocycles. The Hall–Kier alpha value is -2.84. The lowest BCUT2D eigenvalue weighted by atomic mass is 9.98. The fourth-order valence-corrected chi connectivity index (χ4v) is 2.74. The van der Waals surface area contributed by atoms with Crippen molar-refractivity contribution in [3.05, 3.63) is 62.7 Å². The van der Waals surface area contributed by atoms with Crippen molar-refractivity contribution in [1.29, 1.82) is 0 Å². The van der Waals surface area contributed by atoms with E-state index in [1.807, 2.05) is 0 Å². The summed E-state index contributed by atoms with van der Waals surface area (Å²) in [5, 5.41) is 14.0. The molecule has 2 aromatic carbocycles. The maximum Gasteiger partial charge on any atom is 0.339 e. The van der Waals surface area contributed by atoms with Crippen molar-refractivity contribution in [3.8, 4) is 5.75 Å². The Morgan fingerprint density at radius 1 is 1.18 bits per heavy atom. The number of halogens is 2. The highest BCUT2D eigenvalue weighted by atomic mass is 35.5. The van der Waals surface area contributed by atoms with Gasteiger partial charge in [-0.2, -0.15) is 0 Å². The van der Waals surface area contributed by atoms with Crippen LogP contribution in [-0.4, -0.2) is 31.0 Å². The number of nitrogens with one attached hydrogen (secondary N) is 1. The van der Waals surface area contributed by atoms with Crippen LogP contribution >= 0.6 is 23.2 Å². The number of benzene rings is 2. The van der Waals surface area contributed by atoms with E-state index in [0.29, 0.717) is 0 Å². The van der Waals surface area contributed by atoms with E-state index in [2.05, 4.69) is 10.1 Å². The average molecular weight is 427 g/mol. The van der Waals surface area contributed by atoms with E-state index in [-0.39, 0.29) is 33.3 Å². The van der Waals surface area contributed by atoms with Gasteiger partial charge in [0.2, 0.25) is 5.91 Å². The molecule has 0 radical (unpaired) electrons. The van der Waals surface area contributed by atoms with Crippen LogP contribution in [0.25, 0.3) is 0 Å². The van der Waals surface area contributed by atoms with Crippen molar-refractivity contribution >= 4 is 46.5 Å². The molecule has 0 fully saturated rings. The Labute approximate surface area is 170 Å². The summed E-state index contributed by atoms with van der Waals surface area (Å²) in [5.41, 5.74) is 0.00570. The van der Waals surface area contributed by atoms with Gasteiger partial charge in [-0.15, -0.1) is 11.6 Å². The quantitative estimate of drug-likeness (QED) is 0.321. The van der Waals surface area contributed by atoms with Crippen LogP contribution in [0.4, 0.5) is 11.4 Å². The van der Waals surface area contributed by atoms with Crippen LogP contribution in [0, 0.1) is 10.1 Å². The lowest BCUT2D eigenvalue weighted by Crippen LogP contribution is -2.33. The summed E-state index contributed by atoms with van der Waals surface area (Å²) in [6, 6.07) is 8.18. The second kappa shape index (κ2) is 8.45. The van der Waals surface area contributed by atoms with Crippen LogP contribution in [0.5, 0.6) is 5.75 Å². The largest absolute Gasteiger partial charge is 0.490 e. The van der Waals surface area contributed by atoms with Gasteiger partial charge < -0.3 is 14.8 Å². The minimum atomic E-state index is -1.69. The minimum Gasteiger partial charge on any atom is -0.490 e. The number of carbonyl (C=O) groups excluding carboxylic acids is 2. The first-order valence-corrected chi connectivity index (χ1v) is 8.58. The Balaban J connectivity index is 2.42. The van der Waals surface area contributed by atoms with Gasteiger partial charge in [-0.25, -0.2) is 4.79 Å². The topological polar surface area (TPSA) is 108 Å². The molecule has 8 nitrogen and oxygen atoms in total. The van der Waals surface area contributed by atoms with Crippen molar-refractivity contribution < 1.29 is 24.0 Å². The molecular formula is C18H16Cl2N2O6. The van der Waals surface area contributed by atoms with Gasteiger partial charge in [-0.05, 0) is 36.8 Å². The maximum absolute atomic E-state index is 12.8. The molecular weight excluding hydrogens is 411 g/mol. The predicted octanol–water partition coefficient (Wildman–Crippen LogP) is 4.14. The number of nitrogens with zero attached hydrogens (tertiary/aromatic N) is 1. The Kier molecular flexibility index (Phi) is 6.48. The molecule has 0 saturated heterocycles. The van der Waals surface area contributed by atoms with Crippen LogP contribution in [0.15, 0.2) is 36.4 Å². The standard InChI is InChI=1S/C18H16Cl2N2O6/c1-18(20,10-4-7-15(27-2)14(8-10)22(25)26)17(24)21-13-9-11(19)5-6-12(13)16(23)28-3/h4-9H,1-3H3,(H,21,24). The number of carbonyl (C=O) groups is 2. The molecule has 1 unspecified atom stereocenters. The monoisotopic (exact) mass is 426 g/mol. The Morgan fingerprint density at radius 2 is 1.86 bits per heavy atom. The zero-order chi connectivity index (χ0) is 21.1.